The van der Waals surface area contributed by atoms with Crippen LogP contribution in [-0.2, 0) is 13.2 Å². The van der Waals surface area contributed by atoms with Gasteiger partial charge in [0, 0.05) is 18.1 Å². The van der Waals surface area contributed by atoms with Gasteiger partial charge in [0.1, 0.15) is 5.82 Å². The van der Waals surface area contributed by atoms with Crippen molar-refractivity contribution in [1.82, 2.24) is 4.98 Å². The third-order valence-corrected chi connectivity index (χ3v) is 3.08. The quantitative estimate of drug-likeness (QED) is 0.907. The van der Waals surface area contributed by atoms with E-state index >= 15 is 0 Å². The molecule has 1 aromatic carbocycles. The average molecular weight is 252 g/mol. The topological polar surface area (TPSA) is 36.4 Å². The summed E-state index contributed by atoms with van der Waals surface area (Å²) in [5.74, 6) is -0.336. The monoisotopic (exact) mass is 252 g/mol. The molecule has 0 aliphatic heterocycles. The van der Waals surface area contributed by atoms with E-state index < -0.39 is 0 Å². The van der Waals surface area contributed by atoms with Gasteiger partial charge < -0.3 is 10.0 Å². The molecule has 3 nitrogen and oxygen atoms in total. The largest absolute Gasteiger partial charge is 0.392 e. The Hall–Kier alpha value is -1.46. The molecular formula is C12H13FN2OS. The van der Waals surface area contributed by atoms with Gasteiger partial charge >= 0.3 is 0 Å². The maximum atomic E-state index is 13.3. The van der Waals surface area contributed by atoms with Crippen LogP contribution in [0.5, 0.6) is 0 Å². The Balaban J connectivity index is 2.18. The Morgan fingerprint density at radius 3 is 2.88 bits per heavy atom. The highest BCUT2D eigenvalue weighted by molar-refractivity contribution is 7.07. The van der Waals surface area contributed by atoms with E-state index in [9.17, 15) is 4.39 Å². The van der Waals surface area contributed by atoms with Crippen LogP contribution < -0.4 is 4.90 Å². The lowest BCUT2D eigenvalue weighted by molar-refractivity contribution is 0.281. The summed E-state index contributed by atoms with van der Waals surface area (Å²) in [7, 11) is 1.87. The van der Waals surface area contributed by atoms with Crippen LogP contribution in [0.3, 0.4) is 0 Å². The summed E-state index contributed by atoms with van der Waals surface area (Å²) in [4.78, 5) is 6.08. The van der Waals surface area contributed by atoms with Gasteiger partial charge in [0.15, 0.2) is 0 Å². The summed E-state index contributed by atoms with van der Waals surface area (Å²) in [6.45, 7) is 0.465. The van der Waals surface area contributed by atoms with Gasteiger partial charge in [0.05, 0.1) is 24.4 Å². The van der Waals surface area contributed by atoms with Crippen molar-refractivity contribution in [1.29, 1.82) is 0 Å². The molecule has 0 aliphatic carbocycles. The van der Waals surface area contributed by atoms with Crippen LogP contribution in [0.15, 0.2) is 29.1 Å². The Morgan fingerprint density at radius 1 is 1.41 bits per heavy atom. The Kier molecular flexibility index (Phi) is 3.71. The van der Waals surface area contributed by atoms with Gasteiger partial charge in [-0.2, -0.15) is 0 Å². The van der Waals surface area contributed by atoms with Gasteiger partial charge in [-0.1, -0.05) is 0 Å². The molecule has 0 atom stereocenters. The maximum absolute atomic E-state index is 13.3. The zero-order valence-corrected chi connectivity index (χ0v) is 10.2. The third-order valence-electron chi connectivity index (χ3n) is 2.45. The first-order valence-electron chi connectivity index (χ1n) is 5.17. The maximum Gasteiger partial charge on any atom is 0.125 e. The fourth-order valence-corrected chi connectivity index (χ4v) is 2.14. The minimum atomic E-state index is -0.336. The number of benzene rings is 1. The van der Waals surface area contributed by atoms with Crippen LogP contribution in [0.2, 0.25) is 0 Å². The highest BCUT2D eigenvalue weighted by atomic mass is 32.1. The second-order valence-corrected chi connectivity index (χ2v) is 4.53. The van der Waals surface area contributed by atoms with E-state index in [1.165, 1.54) is 23.5 Å². The van der Waals surface area contributed by atoms with E-state index in [2.05, 4.69) is 4.98 Å². The number of thiazole rings is 1. The van der Waals surface area contributed by atoms with Crippen molar-refractivity contribution >= 4 is 17.0 Å². The molecule has 90 valence electrons. The number of aliphatic hydroxyl groups is 1. The van der Waals surface area contributed by atoms with Crippen molar-refractivity contribution in [2.75, 3.05) is 11.9 Å². The number of hydrogen-bond acceptors (Lipinski definition) is 4. The van der Waals surface area contributed by atoms with Crippen molar-refractivity contribution < 1.29 is 9.50 Å². The molecule has 17 heavy (non-hydrogen) atoms. The lowest BCUT2D eigenvalue weighted by atomic mass is 10.2. The average Bonchev–Trinajstić information content (AvgIpc) is 2.81. The van der Waals surface area contributed by atoms with E-state index in [1.54, 1.807) is 11.6 Å². The first kappa shape index (κ1) is 12.0. The molecule has 0 fully saturated rings. The zero-order chi connectivity index (χ0) is 12.3. The Morgan fingerprint density at radius 2 is 2.24 bits per heavy atom. The van der Waals surface area contributed by atoms with E-state index in [-0.39, 0.29) is 12.4 Å². The Labute approximate surface area is 103 Å². The second-order valence-electron chi connectivity index (χ2n) is 3.81. The summed E-state index contributed by atoms with van der Waals surface area (Å²) >= 11 is 1.54. The van der Waals surface area contributed by atoms with E-state index in [4.69, 9.17) is 5.11 Å². The van der Waals surface area contributed by atoms with Gasteiger partial charge in [-0.3, -0.25) is 0 Å². The first-order chi connectivity index (χ1) is 8.19. The van der Waals surface area contributed by atoms with Crippen molar-refractivity contribution in [3.8, 4) is 0 Å². The van der Waals surface area contributed by atoms with Gasteiger partial charge in [-0.15, -0.1) is 11.3 Å². The summed E-state index contributed by atoms with van der Waals surface area (Å²) in [5, 5.41) is 11.0. The van der Waals surface area contributed by atoms with Crippen LogP contribution in [0, 0.1) is 5.82 Å². The standard InChI is InChI=1S/C12H13FN2OS/c1-15(5-11-7-17-8-14-11)12-3-9(6-16)2-10(13)4-12/h2-4,7-8,16H,5-6H2,1H3. The summed E-state index contributed by atoms with van der Waals surface area (Å²) in [6.07, 6.45) is 0. The smallest absolute Gasteiger partial charge is 0.125 e. The molecule has 0 saturated carbocycles. The molecule has 1 N–H and O–H groups in total. The molecule has 2 aromatic rings. The molecular weight excluding hydrogens is 239 g/mol. The molecule has 0 radical (unpaired) electrons. The van der Waals surface area contributed by atoms with Crippen molar-refractivity contribution in [2.45, 2.75) is 13.2 Å². The SMILES string of the molecule is CN(Cc1cscn1)c1cc(F)cc(CO)c1. The van der Waals surface area contributed by atoms with Crippen LogP contribution >= 0.6 is 11.3 Å². The normalized spacial score (nSPS) is 10.5. The lowest BCUT2D eigenvalue weighted by Crippen LogP contribution is -2.17. The van der Waals surface area contributed by atoms with Gasteiger partial charge in [-0.25, -0.2) is 9.37 Å². The molecule has 0 spiro atoms. The van der Waals surface area contributed by atoms with Crippen LogP contribution in [0.25, 0.3) is 0 Å². The first-order valence-corrected chi connectivity index (χ1v) is 6.12. The van der Waals surface area contributed by atoms with Crippen LogP contribution in [0.4, 0.5) is 10.1 Å². The minimum Gasteiger partial charge on any atom is -0.392 e. The van der Waals surface area contributed by atoms with Gasteiger partial charge in [-0.05, 0) is 23.8 Å². The predicted molar refractivity (Wildman–Crippen MR) is 66.5 cm³/mol. The molecule has 0 aliphatic rings. The number of nitrogens with zero attached hydrogens (tertiary/aromatic N) is 2. The van der Waals surface area contributed by atoms with E-state index in [0.29, 0.717) is 12.1 Å². The highest BCUT2D eigenvalue weighted by Crippen LogP contribution is 2.19. The van der Waals surface area contributed by atoms with Crippen LogP contribution in [0.1, 0.15) is 11.3 Å². The summed E-state index contributed by atoms with van der Waals surface area (Å²) < 4.78 is 13.3. The second kappa shape index (κ2) is 5.25. The summed E-state index contributed by atoms with van der Waals surface area (Å²) in [6, 6.07) is 4.56. The van der Waals surface area contributed by atoms with Crippen molar-refractivity contribution in [2.24, 2.45) is 0 Å². The zero-order valence-electron chi connectivity index (χ0n) is 9.43. The molecule has 0 unspecified atom stereocenters. The molecule has 5 heteroatoms. The fourth-order valence-electron chi connectivity index (χ4n) is 1.59. The molecule has 0 saturated heterocycles. The molecule has 0 bridgehead atoms. The van der Waals surface area contributed by atoms with E-state index in [0.717, 1.165) is 11.4 Å². The number of anilines is 1. The molecule has 0 amide bonds. The molecule has 1 heterocycles. The highest BCUT2D eigenvalue weighted by Gasteiger charge is 2.06. The van der Waals surface area contributed by atoms with Gasteiger partial charge in [0.2, 0.25) is 0 Å². The number of hydrogen-bond donors (Lipinski definition) is 1. The predicted octanol–water partition coefficient (Wildman–Crippen LogP) is 2.41. The van der Waals surface area contributed by atoms with Crippen molar-refractivity contribution in [3.63, 3.8) is 0 Å². The number of aromatic nitrogens is 1. The van der Waals surface area contributed by atoms with Crippen LogP contribution in [-0.4, -0.2) is 17.1 Å². The minimum absolute atomic E-state index is 0.157. The number of halogens is 1. The summed E-state index contributed by atoms with van der Waals surface area (Å²) in [5.41, 5.74) is 4.04. The Bertz CT molecular complexity index is 487. The number of rotatable bonds is 4. The molecule has 2 rings (SSSR count). The van der Waals surface area contributed by atoms with Crippen molar-refractivity contribution in [3.05, 3.63) is 46.2 Å². The number of aliphatic hydroxyl groups excluding tert-OH is 1. The third kappa shape index (κ3) is 3.01. The van der Waals surface area contributed by atoms with Gasteiger partial charge in [0.25, 0.3) is 0 Å². The fraction of sp³-hybridized carbons (Fsp3) is 0.250. The lowest BCUT2D eigenvalue weighted by Gasteiger charge is -2.18. The van der Waals surface area contributed by atoms with E-state index in [1.807, 2.05) is 17.3 Å². The molecule has 1 aromatic heterocycles.